The normalized spacial score (nSPS) is 9.12. The van der Waals surface area contributed by atoms with Gasteiger partial charge in [0, 0.05) is 0 Å². The number of carbonyl (C=O) groups excluding carboxylic acids is 1. The van der Waals surface area contributed by atoms with Crippen LogP contribution in [0.4, 0.5) is 0 Å². The lowest BCUT2D eigenvalue weighted by Crippen LogP contribution is -1.84. The highest BCUT2D eigenvalue weighted by Gasteiger charge is 1.91. The Labute approximate surface area is 104 Å². The first kappa shape index (κ1) is 15.2. The summed E-state index contributed by atoms with van der Waals surface area (Å²) in [6.45, 7) is 2.26. The summed E-state index contributed by atoms with van der Waals surface area (Å²) in [5.41, 5.74) is 1.49. The average molecular weight is 241 g/mol. The van der Waals surface area contributed by atoms with Gasteiger partial charge in [-0.05, 0) is 30.0 Å². The fraction of sp³-hybridized carbons (Fsp3) is 0.500. The standard InChI is InChI=1S/C13H20.CHClO/c1-2-3-4-5-7-10-13-11-8-6-9-12-13;2-1-3/h6,8-9,11-12H,2-5,7,10H2,1H3;1H. The SMILES string of the molecule is CCCCCCCc1ccccc1.O=CCl. The van der Waals surface area contributed by atoms with Gasteiger partial charge in [-0.15, -0.1) is 0 Å². The Kier molecular flexibility index (Phi) is 11.6. The fourth-order valence-electron chi connectivity index (χ4n) is 1.58. The second-order valence-electron chi connectivity index (χ2n) is 3.74. The molecule has 0 fully saturated rings. The summed E-state index contributed by atoms with van der Waals surface area (Å²) in [6, 6.07) is 10.8. The first-order valence-electron chi connectivity index (χ1n) is 5.93. The quantitative estimate of drug-likeness (QED) is 0.403. The van der Waals surface area contributed by atoms with Gasteiger partial charge in [-0.25, -0.2) is 0 Å². The van der Waals surface area contributed by atoms with Crippen molar-refractivity contribution in [3.63, 3.8) is 0 Å². The van der Waals surface area contributed by atoms with Crippen LogP contribution in [0.15, 0.2) is 30.3 Å². The summed E-state index contributed by atoms with van der Waals surface area (Å²) in [4.78, 5) is 8.57. The van der Waals surface area contributed by atoms with Crippen LogP contribution in [0.5, 0.6) is 0 Å². The van der Waals surface area contributed by atoms with E-state index >= 15 is 0 Å². The number of carbonyl (C=O) groups is 1. The van der Waals surface area contributed by atoms with Crippen LogP contribution in [0, 0.1) is 0 Å². The van der Waals surface area contributed by atoms with Crippen molar-refractivity contribution >= 4 is 17.3 Å². The minimum absolute atomic E-state index is 0.222. The minimum Gasteiger partial charge on any atom is -0.285 e. The lowest BCUT2D eigenvalue weighted by Gasteiger charge is -2.00. The van der Waals surface area contributed by atoms with Crippen molar-refractivity contribution in [2.45, 2.75) is 45.4 Å². The van der Waals surface area contributed by atoms with Crippen LogP contribution in [0.2, 0.25) is 0 Å². The van der Waals surface area contributed by atoms with Crippen LogP contribution in [0.25, 0.3) is 0 Å². The maximum Gasteiger partial charge on any atom is 0.208 e. The molecule has 90 valence electrons. The lowest BCUT2D eigenvalue weighted by atomic mass is 10.1. The van der Waals surface area contributed by atoms with Crippen LogP contribution < -0.4 is 0 Å². The molecule has 1 nitrogen and oxygen atoms in total. The van der Waals surface area contributed by atoms with Gasteiger partial charge in [0.1, 0.15) is 0 Å². The molecule has 1 rings (SSSR count). The highest BCUT2D eigenvalue weighted by atomic mass is 35.5. The van der Waals surface area contributed by atoms with E-state index in [2.05, 4.69) is 48.9 Å². The summed E-state index contributed by atoms with van der Waals surface area (Å²) in [6.07, 6.45) is 8.14. The van der Waals surface area contributed by atoms with Crippen molar-refractivity contribution in [3.8, 4) is 0 Å². The Balaban J connectivity index is 0.000000673. The largest absolute Gasteiger partial charge is 0.285 e. The van der Waals surface area contributed by atoms with E-state index in [1.165, 1.54) is 44.1 Å². The Morgan fingerprint density at radius 2 is 1.62 bits per heavy atom. The topological polar surface area (TPSA) is 17.1 Å². The Morgan fingerprint density at radius 3 is 2.19 bits per heavy atom. The average Bonchev–Trinajstić information content (AvgIpc) is 2.31. The van der Waals surface area contributed by atoms with Crippen molar-refractivity contribution in [1.29, 1.82) is 0 Å². The van der Waals surface area contributed by atoms with Crippen LogP contribution in [-0.2, 0) is 11.2 Å². The van der Waals surface area contributed by atoms with Gasteiger partial charge in [-0.2, -0.15) is 0 Å². The smallest absolute Gasteiger partial charge is 0.208 e. The van der Waals surface area contributed by atoms with Crippen LogP contribution in [0.1, 0.15) is 44.6 Å². The molecule has 16 heavy (non-hydrogen) atoms. The molecule has 0 N–H and O–H groups in total. The van der Waals surface area contributed by atoms with Gasteiger partial charge >= 0.3 is 0 Å². The number of hydrogen-bond acceptors (Lipinski definition) is 1. The first-order valence-corrected chi connectivity index (χ1v) is 6.36. The summed E-state index contributed by atoms with van der Waals surface area (Å²) in [7, 11) is 0. The molecule has 0 radical (unpaired) electrons. The van der Waals surface area contributed by atoms with Crippen molar-refractivity contribution in [1.82, 2.24) is 0 Å². The molecule has 0 aliphatic heterocycles. The zero-order valence-electron chi connectivity index (χ0n) is 9.99. The number of benzene rings is 1. The Hall–Kier alpha value is -0.820. The molecule has 0 aliphatic rings. The molecule has 0 saturated carbocycles. The van der Waals surface area contributed by atoms with E-state index in [1.54, 1.807) is 0 Å². The van der Waals surface area contributed by atoms with Crippen LogP contribution in [0.3, 0.4) is 0 Å². The molecule has 0 amide bonds. The number of rotatable bonds is 6. The zero-order valence-corrected chi connectivity index (χ0v) is 10.7. The molecule has 0 unspecified atom stereocenters. The maximum atomic E-state index is 8.57. The highest BCUT2D eigenvalue weighted by molar-refractivity contribution is 6.54. The fourth-order valence-corrected chi connectivity index (χ4v) is 1.58. The summed E-state index contributed by atoms with van der Waals surface area (Å²) in [5.74, 6) is 0.222. The van der Waals surface area contributed by atoms with E-state index in [-0.39, 0.29) is 5.75 Å². The van der Waals surface area contributed by atoms with Gasteiger partial charge in [0.25, 0.3) is 0 Å². The molecule has 0 spiro atoms. The van der Waals surface area contributed by atoms with Gasteiger partial charge < -0.3 is 0 Å². The minimum atomic E-state index is 0.222. The molecule has 1 aromatic carbocycles. The number of aryl methyl sites for hydroxylation is 1. The maximum absolute atomic E-state index is 8.57. The monoisotopic (exact) mass is 240 g/mol. The predicted molar refractivity (Wildman–Crippen MR) is 71.5 cm³/mol. The number of hydrogen-bond donors (Lipinski definition) is 0. The van der Waals surface area contributed by atoms with E-state index in [4.69, 9.17) is 4.79 Å². The first-order chi connectivity index (χ1) is 7.85. The third kappa shape index (κ3) is 9.72. The summed E-state index contributed by atoms with van der Waals surface area (Å²) >= 11 is 4.32. The molecule has 0 aromatic heterocycles. The van der Waals surface area contributed by atoms with Crippen molar-refractivity contribution in [2.24, 2.45) is 0 Å². The zero-order chi connectivity index (χ0) is 12.1. The Morgan fingerprint density at radius 1 is 1.06 bits per heavy atom. The molecule has 0 bridgehead atoms. The Bertz CT molecular complexity index is 246. The third-order valence-electron chi connectivity index (χ3n) is 2.41. The van der Waals surface area contributed by atoms with Crippen LogP contribution in [-0.4, -0.2) is 5.75 Å². The molecular weight excluding hydrogens is 220 g/mol. The number of unbranched alkanes of at least 4 members (excludes halogenated alkanes) is 4. The van der Waals surface area contributed by atoms with Crippen molar-refractivity contribution < 1.29 is 4.79 Å². The van der Waals surface area contributed by atoms with E-state index in [9.17, 15) is 0 Å². The molecular formula is C14H21ClO. The molecule has 0 aliphatic carbocycles. The predicted octanol–water partition coefficient (Wildman–Crippen LogP) is 4.61. The molecule has 0 heterocycles. The van der Waals surface area contributed by atoms with E-state index in [1.807, 2.05) is 0 Å². The van der Waals surface area contributed by atoms with E-state index < -0.39 is 0 Å². The van der Waals surface area contributed by atoms with Gasteiger partial charge in [-0.1, -0.05) is 62.9 Å². The third-order valence-corrected chi connectivity index (χ3v) is 2.41. The van der Waals surface area contributed by atoms with Crippen molar-refractivity contribution in [3.05, 3.63) is 35.9 Å². The van der Waals surface area contributed by atoms with Gasteiger partial charge in [0.15, 0.2) is 0 Å². The number of halogens is 1. The van der Waals surface area contributed by atoms with Gasteiger partial charge in [0.2, 0.25) is 5.75 Å². The van der Waals surface area contributed by atoms with Gasteiger partial charge in [0.05, 0.1) is 0 Å². The molecule has 0 saturated heterocycles. The second-order valence-corrected chi connectivity index (χ2v) is 3.92. The van der Waals surface area contributed by atoms with E-state index in [0.29, 0.717) is 0 Å². The summed E-state index contributed by atoms with van der Waals surface area (Å²) < 4.78 is 0. The molecule has 0 atom stereocenters. The van der Waals surface area contributed by atoms with Crippen molar-refractivity contribution in [2.75, 3.05) is 0 Å². The molecule has 2 heteroatoms. The molecule has 1 aromatic rings. The summed E-state index contributed by atoms with van der Waals surface area (Å²) in [5, 5.41) is 0. The van der Waals surface area contributed by atoms with Crippen LogP contribution >= 0.6 is 11.6 Å². The second kappa shape index (κ2) is 12.3. The highest BCUT2D eigenvalue weighted by Crippen LogP contribution is 2.08. The lowest BCUT2D eigenvalue weighted by molar-refractivity contribution is 0.569. The van der Waals surface area contributed by atoms with Gasteiger partial charge in [-0.3, -0.25) is 4.79 Å². The van der Waals surface area contributed by atoms with E-state index in [0.717, 1.165) is 0 Å².